The van der Waals surface area contributed by atoms with Crippen molar-refractivity contribution in [2.75, 3.05) is 24.8 Å². The summed E-state index contributed by atoms with van der Waals surface area (Å²) in [4.78, 5) is 10.2. The summed E-state index contributed by atoms with van der Waals surface area (Å²) in [6.45, 7) is 0.721. The molecule has 0 radical (unpaired) electrons. The second-order valence-corrected chi connectivity index (χ2v) is 5.03. The van der Waals surface area contributed by atoms with Gasteiger partial charge in [-0.05, 0) is 17.7 Å². The first-order valence-electron chi connectivity index (χ1n) is 5.72. The zero-order chi connectivity index (χ0) is 13.8. The third kappa shape index (κ3) is 3.57. The highest BCUT2D eigenvalue weighted by Crippen LogP contribution is 2.20. The number of anilines is 2. The number of nitrogen functional groups attached to an aromatic ring is 1. The van der Waals surface area contributed by atoms with Crippen molar-refractivity contribution in [2.24, 2.45) is 0 Å². The van der Waals surface area contributed by atoms with Gasteiger partial charge in [-0.2, -0.15) is 9.97 Å². The van der Waals surface area contributed by atoms with Crippen molar-refractivity contribution in [2.45, 2.75) is 6.54 Å². The smallest absolute Gasteiger partial charge is 0.225 e. The number of nitrogens with two attached hydrogens (primary N) is 1. The molecule has 0 aliphatic carbocycles. The molecule has 0 saturated heterocycles. The van der Waals surface area contributed by atoms with E-state index in [-0.39, 0.29) is 5.95 Å². The lowest BCUT2D eigenvalue weighted by Crippen LogP contribution is -2.18. The fourth-order valence-corrected chi connectivity index (χ4v) is 2.17. The van der Waals surface area contributed by atoms with Gasteiger partial charge in [-0.1, -0.05) is 28.1 Å². The minimum Gasteiger partial charge on any atom is -0.481 e. The summed E-state index contributed by atoms with van der Waals surface area (Å²) >= 11 is 3.46. The molecule has 0 fully saturated rings. The first-order valence-corrected chi connectivity index (χ1v) is 6.52. The SMILES string of the molecule is COc1cc(N(C)Cc2cccc(Br)c2)nc(N)n1. The third-order valence-corrected chi connectivity index (χ3v) is 3.11. The minimum atomic E-state index is 0.204. The predicted octanol–water partition coefficient (Wildman–Crippen LogP) is 2.47. The number of benzene rings is 1. The number of methoxy groups -OCH3 is 1. The Morgan fingerprint density at radius 3 is 2.79 bits per heavy atom. The monoisotopic (exact) mass is 322 g/mol. The highest BCUT2D eigenvalue weighted by molar-refractivity contribution is 9.10. The van der Waals surface area contributed by atoms with Crippen LogP contribution < -0.4 is 15.4 Å². The standard InChI is InChI=1S/C13H15BrN4O/c1-18(8-9-4-3-5-10(14)6-9)11-7-12(19-2)17-13(15)16-11/h3-7H,8H2,1-2H3,(H2,15,16,17). The molecule has 2 rings (SSSR count). The molecule has 0 saturated carbocycles. The Labute approximate surface area is 120 Å². The van der Waals surface area contributed by atoms with E-state index in [4.69, 9.17) is 10.5 Å². The van der Waals surface area contributed by atoms with Crippen molar-refractivity contribution >= 4 is 27.7 Å². The van der Waals surface area contributed by atoms with E-state index in [2.05, 4.69) is 38.0 Å². The van der Waals surface area contributed by atoms with Crippen LogP contribution in [0.4, 0.5) is 11.8 Å². The molecule has 100 valence electrons. The molecular formula is C13H15BrN4O. The number of hydrogen-bond donors (Lipinski definition) is 1. The number of nitrogens with zero attached hydrogens (tertiary/aromatic N) is 3. The molecule has 0 unspecified atom stereocenters. The molecule has 0 aliphatic rings. The summed E-state index contributed by atoms with van der Waals surface area (Å²) in [6, 6.07) is 9.88. The van der Waals surface area contributed by atoms with Crippen molar-refractivity contribution in [3.63, 3.8) is 0 Å². The fourth-order valence-electron chi connectivity index (χ4n) is 1.72. The molecule has 0 bridgehead atoms. The van der Waals surface area contributed by atoms with Crippen LogP contribution in [0.5, 0.6) is 5.88 Å². The van der Waals surface area contributed by atoms with Gasteiger partial charge < -0.3 is 15.4 Å². The van der Waals surface area contributed by atoms with Gasteiger partial charge in [0, 0.05) is 24.1 Å². The molecule has 0 aliphatic heterocycles. The van der Waals surface area contributed by atoms with Gasteiger partial charge >= 0.3 is 0 Å². The second-order valence-electron chi connectivity index (χ2n) is 4.11. The molecule has 6 heteroatoms. The Balaban J connectivity index is 2.20. The number of rotatable bonds is 4. The molecule has 1 aromatic carbocycles. The minimum absolute atomic E-state index is 0.204. The predicted molar refractivity (Wildman–Crippen MR) is 79.2 cm³/mol. The first kappa shape index (κ1) is 13.6. The summed E-state index contributed by atoms with van der Waals surface area (Å²) in [5.41, 5.74) is 6.83. The summed E-state index contributed by atoms with van der Waals surface area (Å²) in [6.07, 6.45) is 0. The van der Waals surface area contributed by atoms with Crippen LogP contribution in [0.25, 0.3) is 0 Å². The van der Waals surface area contributed by atoms with Gasteiger partial charge in [-0.25, -0.2) is 0 Å². The van der Waals surface area contributed by atoms with Gasteiger partial charge in [0.2, 0.25) is 11.8 Å². The lowest BCUT2D eigenvalue weighted by atomic mass is 10.2. The molecule has 0 amide bonds. The first-order chi connectivity index (χ1) is 9.08. The third-order valence-electron chi connectivity index (χ3n) is 2.62. The maximum atomic E-state index is 5.65. The van der Waals surface area contributed by atoms with Gasteiger partial charge in [-0.15, -0.1) is 0 Å². The summed E-state index contributed by atoms with van der Waals surface area (Å²) < 4.78 is 6.14. The van der Waals surface area contributed by atoms with E-state index in [0.29, 0.717) is 5.88 Å². The second kappa shape index (κ2) is 5.88. The average Bonchev–Trinajstić information content (AvgIpc) is 2.38. The van der Waals surface area contributed by atoms with Gasteiger partial charge in [0.25, 0.3) is 0 Å². The van der Waals surface area contributed by atoms with E-state index in [1.165, 1.54) is 5.56 Å². The summed E-state index contributed by atoms with van der Waals surface area (Å²) in [5, 5.41) is 0. The Bertz CT molecular complexity index is 576. The topological polar surface area (TPSA) is 64.3 Å². The van der Waals surface area contributed by atoms with Crippen LogP contribution in [0.2, 0.25) is 0 Å². The molecular weight excluding hydrogens is 308 g/mol. The van der Waals surface area contributed by atoms with Crippen molar-refractivity contribution in [3.05, 3.63) is 40.4 Å². The quantitative estimate of drug-likeness (QED) is 0.936. The normalized spacial score (nSPS) is 10.3. The van der Waals surface area contributed by atoms with E-state index in [0.717, 1.165) is 16.8 Å². The zero-order valence-corrected chi connectivity index (χ0v) is 12.4. The van der Waals surface area contributed by atoms with Gasteiger partial charge in [0.15, 0.2) is 0 Å². The lowest BCUT2D eigenvalue weighted by molar-refractivity contribution is 0.397. The van der Waals surface area contributed by atoms with Crippen LogP contribution in [0.3, 0.4) is 0 Å². The number of hydrogen-bond acceptors (Lipinski definition) is 5. The van der Waals surface area contributed by atoms with E-state index in [1.807, 2.05) is 24.1 Å². The van der Waals surface area contributed by atoms with Crippen molar-refractivity contribution < 1.29 is 4.74 Å². The average molecular weight is 323 g/mol. The molecule has 19 heavy (non-hydrogen) atoms. The Kier molecular flexibility index (Phi) is 4.21. The van der Waals surface area contributed by atoms with Gasteiger partial charge in [0.1, 0.15) is 5.82 Å². The van der Waals surface area contributed by atoms with E-state index in [9.17, 15) is 0 Å². The molecule has 5 nitrogen and oxygen atoms in total. The fraction of sp³-hybridized carbons (Fsp3) is 0.231. The van der Waals surface area contributed by atoms with Gasteiger partial charge in [-0.3, -0.25) is 0 Å². The number of ether oxygens (including phenoxy) is 1. The van der Waals surface area contributed by atoms with Crippen LogP contribution in [-0.2, 0) is 6.54 Å². The highest BCUT2D eigenvalue weighted by Gasteiger charge is 2.08. The molecule has 1 heterocycles. The van der Waals surface area contributed by atoms with Crippen LogP contribution in [0.15, 0.2) is 34.8 Å². The van der Waals surface area contributed by atoms with E-state index < -0.39 is 0 Å². The highest BCUT2D eigenvalue weighted by atomic mass is 79.9. The maximum Gasteiger partial charge on any atom is 0.225 e. The molecule has 0 atom stereocenters. The molecule has 2 aromatic rings. The largest absolute Gasteiger partial charge is 0.481 e. The molecule has 2 N–H and O–H groups in total. The lowest BCUT2D eigenvalue weighted by Gasteiger charge is -2.19. The van der Waals surface area contributed by atoms with Crippen LogP contribution >= 0.6 is 15.9 Å². The number of halogens is 1. The molecule has 0 spiro atoms. The Morgan fingerprint density at radius 2 is 2.11 bits per heavy atom. The Morgan fingerprint density at radius 1 is 1.32 bits per heavy atom. The van der Waals surface area contributed by atoms with E-state index in [1.54, 1.807) is 13.2 Å². The number of aromatic nitrogens is 2. The molecule has 1 aromatic heterocycles. The Hall–Kier alpha value is -1.82. The van der Waals surface area contributed by atoms with Crippen molar-refractivity contribution in [1.82, 2.24) is 9.97 Å². The van der Waals surface area contributed by atoms with Gasteiger partial charge in [0.05, 0.1) is 7.11 Å². The maximum absolute atomic E-state index is 5.65. The van der Waals surface area contributed by atoms with Crippen LogP contribution in [0.1, 0.15) is 5.56 Å². The van der Waals surface area contributed by atoms with Crippen LogP contribution in [0, 0.1) is 0 Å². The summed E-state index contributed by atoms with van der Waals surface area (Å²) in [5.74, 6) is 1.39. The van der Waals surface area contributed by atoms with Crippen molar-refractivity contribution in [1.29, 1.82) is 0 Å². The van der Waals surface area contributed by atoms with E-state index >= 15 is 0 Å². The van der Waals surface area contributed by atoms with Crippen LogP contribution in [-0.4, -0.2) is 24.1 Å². The zero-order valence-electron chi connectivity index (χ0n) is 10.8. The summed E-state index contributed by atoms with van der Waals surface area (Å²) in [7, 11) is 3.50. The van der Waals surface area contributed by atoms with Crippen molar-refractivity contribution in [3.8, 4) is 5.88 Å².